The largest absolute Gasteiger partial charge is 0.478 e. The van der Waals surface area contributed by atoms with Crippen LogP contribution in [-0.4, -0.2) is 63.3 Å². The number of piperidine rings is 1. The third-order valence-corrected chi connectivity index (χ3v) is 5.69. The molecule has 1 aromatic carbocycles. The summed E-state index contributed by atoms with van der Waals surface area (Å²) in [4.78, 5) is 25.4. The first-order valence-corrected chi connectivity index (χ1v) is 9.96. The number of carbonyl (C=O) groups is 1. The van der Waals surface area contributed by atoms with Crippen molar-refractivity contribution in [1.82, 2.24) is 23.6 Å². The Hall–Kier alpha value is -2.81. The minimum absolute atomic E-state index is 0.0669. The summed E-state index contributed by atoms with van der Waals surface area (Å²) in [6.45, 7) is 2.36. The first kappa shape index (κ1) is 18.5. The van der Waals surface area contributed by atoms with E-state index in [1.54, 1.807) is 19.5 Å². The predicted octanol–water partition coefficient (Wildman–Crippen LogP) is 2.48. The minimum Gasteiger partial charge on any atom is -0.478 e. The molecule has 0 unspecified atom stereocenters. The van der Waals surface area contributed by atoms with Gasteiger partial charge in [0.05, 0.1) is 18.8 Å². The number of amides is 1. The van der Waals surface area contributed by atoms with Crippen molar-refractivity contribution in [2.45, 2.75) is 12.8 Å². The molecule has 0 spiro atoms. The lowest BCUT2D eigenvalue weighted by Crippen LogP contribution is -2.41. The zero-order valence-electron chi connectivity index (χ0n) is 15.9. The van der Waals surface area contributed by atoms with Crippen molar-refractivity contribution in [3.63, 3.8) is 0 Å². The van der Waals surface area contributed by atoms with Gasteiger partial charge in [-0.3, -0.25) is 4.79 Å². The number of hydrogen-bond donors (Lipinski definition) is 0. The smallest absolute Gasteiger partial charge is 0.257 e. The molecule has 0 saturated carbocycles. The fourth-order valence-corrected chi connectivity index (χ4v) is 4.13. The second-order valence-electron chi connectivity index (χ2n) is 6.97. The lowest BCUT2D eigenvalue weighted by atomic mass is 9.95. The summed E-state index contributed by atoms with van der Waals surface area (Å²) >= 11 is 1.17. The Morgan fingerprint density at radius 3 is 2.75 bits per heavy atom. The van der Waals surface area contributed by atoms with E-state index in [9.17, 15) is 4.79 Å². The third kappa shape index (κ3) is 3.75. The Labute approximate surface area is 167 Å². The van der Waals surface area contributed by atoms with Gasteiger partial charge in [0.2, 0.25) is 0 Å². The van der Waals surface area contributed by atoms with Gasteiger partial charge in [0.1, 0.15) is 11.0 Å². The molecule has 3 heterocycles. The third-order valence-electron chi connectivity index (χ3n) is 5.14. The van der Waals surface area contributed by atoms with Crippen LogP contribution in [0.4, 0.5) is 5.82 Å². The van der Waals surface area contributed by atoms with Crippen LogP contribution in [0.3, 0.4) is 0 Å². The highest BCUT2D eigenvalue weighted by Gasteiger charge is 2.25. The molecule has 1 aliphatic rings. The number of methoxy groups -OCH3 is 1. The topological polar surface area (TPSA) is 84.3 Å². The van der Waals surface area contributed by atoms with Gasteiger partial charge in [-0.1, -0.05) is 0 Å². The summed E-state index contributed by atoms with van der Waals surface area (Å²) in [5, 5.41) is 0. The Kier molecular flexibility index (Phi) is 5.34. The van der Waals surface area contributed by atoms with E-state index >= 15 is 0 Å². The molecule has 0 aliphatic carbocycles. The molecule has 0 bridgehead atoms. The van der Waals surface area contributed by atoms with Crippen LogP contribution < -0.4 is 9.64 Å². The molecule has 2 aromatic heterocycles. The maximum Gasteiger partial charge on any atom is 0.257 e. The van der Waals surface area contributed by atoms with Crippen molar-refractivity contribution in [3.05, 3.63) is 36.2 Å². The van der Waals surface area contributed by atoms with Crippen LogP contribution in [0.5, 0.6) is 5.88 Å². The summed E-state index contributed by atoms with van der Waals surface area (Å²) in [6.07, 6.45) is 5.21. The lowest BCUT2D eigenvalue weighted by Gasteiger charge is -2.34. The maximum absolute atomic E-state index is 12.8. The molecule has 3 aromatic rings. The highest BCUT2D eigenvalue weighted by Crippen LogP contribution is 2.25. The number of benzene rings is 1. The number of rotatable bonds is 5. The number of nitrogens with zero attached hydrogens (tertiary/aromatic N) is 6. The molecular formula is C19H22N6O2S. The zero-order chi connectivity index (χ0) is 19.5. The second kappa shape index (κ2) is 8.05. The van der Waals surface area contributed by atoms with Crippen LogP contribution in [-0.2, 0) is 0 Å². The number of hydrogen-bond acceptors (Lipinski definition) is 8. The van der Waals surface area contributed by atoms with Crippen LogP contribution in [0.15, 0.2) is 30.6 Å². The van der Waals surface area contributed by atoms with E-state index in [4.69, 9.17) is 4.74 Å². The Bertz CT molecular complexity index is 970. The SMILES string of the molecule is COc1nccnc1N(C)CC1CCN(C(=O)c2ccc3nsnc3c2)CC1. The van der Waals surface area contributed by atoms with E-state index in [0.29, 0.717) is 17.4 Å². The number of ether oxygens (including phenoxy) is 1. The summed E-state index contributed by atoms with van der Waals surface area (Å²) < 4.78 is 13.7. The molecule has 0 N–H and O–H groups in total. The van der Waals surface area contributed by atoms with Gasteiger partial charge in [0.15, 0.2) is 5.82 Å². The van der Waals surface area contributed by atoms with Crippen molar-refractivity contribution in [2.24, 2.45) is 5.92 Å². The second-order valence-corrected chi connectivity index (χ2v) is 7.50. The van der Waals surface area contributed by atoms with Gasteiger partial charge in [0, 0.05) is 44.6 Å². The van der Waals surface area contributed by atoms with Crippen LogP contribution in [0.25, 0.3) is 11.0 Å². The molecule has 1 amide bonds. The number of likely N-dealkylation sites (tertiary alicyclic amines) is 1. The van der Waals surface area contributed by atoms with Crippen LogP contribution in [0.1, 0.15) is 23.2 Å². The number of anilines is 1. The fourth-order valence-electron chi connectivity index (χ4n) is 3.61. The predicted molar refractivity (Wildman–Crippen MR) is 108 cm³/mol. The van der Waals surface area contributed by atoms with Crippen LogP contribution >= 0.6 is 11.7 Å². The summed E-state index contributed by atoms with van der Waals surface area (Å²) in [6, 6.07) is 5.54. The average molecular weight is 398 g/mol. The normalized spacial score (nSPS) is 15.0. The van der Waals surface area contributed by atoms with Crippen LogP contribution in [0, 0.1) is 5.92 Å². The lowest BCUT2D eigenvalue weighted by molar-refractivity contribution is 0.0693. The molecule has 4 rings (SSSR count). The van der Waals surface area contributed by atoms with Gasteiger partial charge in [-0.25, -0.2) is 9.97 Å². The van der Waals surface area contributed by atoms with E-state index in [2.05, 4.69) is 23.6 Å². The van der Waals surface area contributed by atoms with Gasteiger partial charge >= 0.3 is 0 Å². The molecule has 9 heteroatoms. The van der Waals surface area contributed by atoms with Crippen molar-refractivity contribution in [1.29, 1.82) is 0 Å². The number of fused-ring (bicyclic) bond motifs is 1. The maximum atomic E-state index is 12.8. The summed E-state index contributed by atoms with van der Waals surface area (Å²) in [5.74, 6) is 1.83. The van der Waals surface area contributed by atoms with Gasteiger partial charge in [-0.15, -0.1) is 0 Å². The summed E-state index contributed by atoms with van der Waals surface area (Å²) in [7, 11) is 3.60. The Morgan fingerprint density at radius 2 is 1.96 bits per heavy atom. The van der Waals surface area contributed by atoms with Crippen molar-refractivity contribution in [2.75, 3.05) is 38.7 Å². The zero-order valence-corrected chi connectivity index (χ0v) is 16.7. The fraction of sp³-hybridized carbons (Fsp3) is 0.421. The van der Waals surface area contributed by atoms with E-state index in [1.807, 2.05) is 30.1 Å². The molecule has 0 atom stereocenters. The van der Waals surface area contributed by atoms with E-state index in [1.165, 1.54) is 11.7 Å². The van der Waals surface area contributed by atoms with Gasteiger partial charge in [-0.2, -0.15) is 8.75 Å². The molecule has 8 nitrogen and oxygen atoms in total. The molecule has 1 saturated heterocycles. The standard InChI is InChI=1S/C19H22N6O2S/c1-24(17-18(27-2)21-8-7-20-17)12-13-5-9-25(10-6-13)19(26)14-3-4-15-16(11-14)23-28-22-15/h3-4,7-8,11,13H,5-6,9-10,12H2,1-2H3. The minimum atomic E-state index is 0.0669. The quantitative estimate of drug-likeness (QED) is 0.653. The molecule has 1 fully saturated rings. The number of aromatic nitrogens is 4. The van der Waals surface area contributed by atoms with Gasteiger partial charge in [-0.05, 0) is 37.0 Å². The first-order valence-electron chi connectivity index (χ1n) is 9.23. The van der Waals surface area contributed by atoms with Gasteiger partial charge < -0.3 is 14.5 Å². The highest BCUT2D eigenvalue weighted by molar-refractivity contribution is 7.00. The van der Waals surface area contributed by atoms with E-state index in [-0.39, 0.29) is 5.91 Å². The molecule has 28 heavy (non-hydrogen) atoms. The average Bonchev–Trinajstić information content (AvgIpc) is 3.21. The highest BCUT2D eigenvalue weighted by atomic mass is 32.1. The monoisotopic (exact) mass is 398 g/mol. The molecule has 0 radical (unpaired) electrons. The van der Waals surface area contributed by atoms with Crippen molar-refractivity contribution < 1.29 is 9.53 Å². The Morgan fingerprint density at radius 1 is 1.21 bits per heavy atom. The van der Waals surface area contributed by atoms with E-state index in [0.717, 1.165) is 49.3 Å². The first-order chi connectivity index (χ1) is 13.7. The van der Waals surface area contributed by atoms with Crippen molar-refractivity contribution >= 4 is 34.5 Å². The molecule has 146 valence electrons. The Balaban J connectivity index is 1.35. The van der Waals surface area contributed by atoms with Crippen LogP contribution in [0.2, 0.25) is 0 Å². The van der Waals surface area contributed by atoms with Gasteiger partial charge in [0.25, 0.3) is 11.8 Å². The summed E-state index contributed by atoms with van der Waals surface area (Å²) in [5.41, 5.74) is 2.30. The molecular weight excluding hydrogens is 376 g/mol. The van der Waals surface area contributed by atoms with Crippen molar-refractivity contribution in [3.8, 4) is 5.88 Å². The number of carbonyl (C=O) groups excluding carboxylic acids is 1. The molecule has 1 aliphatic heterocycles. The van der Waals surface area contributed by atoms with E-state index < -0.39 is 0 Å².